The molecule has 1 amide bonds. The third-order valence-corrected chi connectivity index (χ3v) is 5.40. The van der Waals surface area contributed by atoms with Crippen molar-refractivity contribution < 1.29 is 4.79 Å². The van der Waals surface area contributed by atoms with Crippen molar-refractivity contribution in [3.8, 4) is 11.5 Å². The summed E-state index contributed by atoms with van der Waals surface area (Å²) in [4.78, 5) is 55.8. The lowest BCUT2D eigenvalue weighted by atomic mass is 10.2. The highest BCUT2D eigenvalue weighted by atomic mass is 32.1. The number of thiophene rings is 1. The van der Waals surface area contributed by atoms with E-state index in [1.54, 1.807) is 38.2 Å². The maximum Gasteiger partial charge on any atom is 0.269 e. The van der Waals surface area contributed by atoms with Gasteiger partial charge in [-0.2, -0.15) is 0 Å². The summed E-state index contributed by atoms with van der Waals surface area (Å²) >= 11 is 1.20. The van der Waals surface area contributed by atoms with E-state index in [9.17, 15) is 14.4 Å². The number of aromatic amines is 2. The molecule has 4 aromatic heterocycles. The van der Waals surface area contributed by atoms with Crippen molar-refractivity contribution in [3.05, 3.63) is 73.1 Å². The SMILES string of the molecule is Cc1sc2c(=O)[nH]c(-c3ccccn3)nc2c1C(=O)NCc1ncc(C)c(=O)[nH]1. The molecule has 0 unspecified atom stereocenters. The van der Waals surface area contributed by atoms with Gasteiger partial charge in [0.25, 0.3) is 17.0 Å². The number of fused-ring (bicyclic) bond motifs is 1. The molecule has 0 atom stereocenters. The van der Waals surface area contributed by atoms with Crippen LogP contribution in [-0.4, -0.2) is 30.8 Å². The second-order valence-electron chi connectivity index (χ2n) is 6.37. The number of aryl methyl sites for hydroxylation is 2. The molecule has 9 nitrogen and oxygen atoms in total. The number of H-pyrrole nitrogens is 2. The zero-order valence-corrected chi connectivity index (χ0v) is 16.4. The molecule has 0 radical (unpaired) electrons. The molecule has 0 bridgehead atoms. The van der Waals surface area contributed by atoms with Crippen LogP contribution in [0.1, 0.15) is 26.6 Å². The Morgan fingerprint density at radius 1 is 1.14 bits per heavy atom. The molecule has 0 aromatic carbocycles. The fourth-order valence-electron chi connectivity index (χ4n) is 2.83. The van der Waals surface area contributed by atoms with Crippen LogP contribution in [0.4, 0.5) is 0 Å². The van der Waals surface area contributed by atoms with E-state index in [2.05, 4.69) is 30.2 Å². The van der Waals surface area contributed by atoms with Gasteiger partial charge in [0.1, 0.15) is 21.7 Å². The average molecular weight is 408 g/mol. The second kappa shape index (κ2) is 7.40. The van der Waals surface area contributed by atoms with Gasteiger partial charge in [-0.1, -0.05) is 6.07 Å². The third kappa shape index (κ3) is 3.57. The van der Waals surface area contributed by atoms with E-state index in [1.807, 2.05) is 0 Å². The van der Waals surface area contributed by atoms with Crippen molar-refractivity contribution in [2.45, 2.75) is 20.4 Å². The zero-order chi connectivity index (χ0) is 20.5. The van der Waals surface area contributed by atoms with E-state index in [4.69, 9.17) is 0 Å². The summed E-state index contributed by atoms with van der Waals surface area (Å²) in [5, 5.41) is 2.73. The summed E-state index contributed by atoms with van der Waals surface area (Å²) in [6.45, 7) is 3.45. The lowest BCUT2D eigenvalue weighted by Crippen LogP contribution is -2.26. The van der Waals surface area contributed by atoms with Crippen molar-refractivity contribution in [2.24, 2.45) is 0 Å². The Morgan fingerprint density at radius 3 is 2.69 bits per heavy atom. The van der Waals surface area contributed by atoms with Crippen LogP contribution in [0.5, 0.6) is 0 Å². The number of hydrogen-bond donors (Lipinski definition) is 3. The van der Waals surface area contributed by atoms with Crippen molar-refractivity contribution >= 4 is 27.5 Å². The summed E-state index contributed by atoms with van der Waals surface area (Å²) in [7, 11) is 0. The van der Waals surface area contributed by atoms with Gasteiger partial charge < -0.3 is 15.3 Å². The predicted molar refractivity (Wildman–Crippen MR) is 109 cm³/mol. The van der Waals surface area contributed by atoms with Crippen LogP contribution in [0.3, 0.4) is 0 Å². The molecule has 0 aliphatic rings. The largest absolute Gasteiger partial charge is 0.345 e. The van der Waals surface area contributed by atoms with Crippen LogP contribution < -0.4 is 16.4 Å². The first-order chi connectivity index (χ1) is 13.9. The average Bonchev–Trinajstić information content (AvgIpc) is 3.06. The number of carbonyl (C=O) groups excluding carboxylic acids is 1. The molecule has 29 heavy (non-hydrogen) atoms. The number of hydrogen-bond acceptors (Lipinski definition) is 7. The molecule has 0 fully saturated rings. The summed E-state index contributed by atoms with van der Waals surface area (Å²) in [5.41, 5.74) is 1.05. The minimum atomic E-state index is -0.401. The highest BCUT2D eigenvalue weighted by molar-refractivity contribution is 7.19. The van der Waals surface area contributed by atoms with Gasteiger partial charge in [-0.25, -0.2) is 9.97 Å². The van der Waals surface area contributed by atoms with Crippen molar-refractivity contribution in [3.63, 3.8) is 0 Å². The number of carbonyl (C=O) groups is 1. The number of nitrogens with zero attached hydrogens (tertiary/aromatic N) is 3. The van der Waals surface area contributed by atoms with Gasteiger partial charge in [-0.3, -0.25) is 19.4 Å². The number of aromatic nitrogens is 5. The first-order valence-electron chi connectivity index (χ1n) is 8.72. The molecular formula is C19H16N6O3S. The van der Waals surface area contributed by atoms with Gasteiger partial charge in [0.2, 0.25) is 0 Å². The maximum atomic E-state index is 12.8. The van der Waals surface area contributed by atoms with E-state index in [-0.39, 0.29) is 17.7 Å². The van der Waals surface area contributed by atoms with E-state index >= 15 is 0 Å². The topological polar surface area (TPSA) is 133 Å². The summed E-state index contributed by atoms with van der Waals surface area (Å²) in [6.07, 6.45) is 3.05. The fraction of sp³-hybridized carbons (Fsp3) is 0.158. The Kier molecular flexibility index (Phi) is 4.77. The molecule has 0 aliphatic carbocycles. The standard InChI is InChI=1S/C19H16N6O3S/c1-9-7-21-12(23-17(9)26)8-22-18(27)13-10(2)29-15-14(13)24-16(25-19(15)28)11-5-3-4-6-20-11/h3-7H,8H2,1-2H3,(H,22,27)(H,21,23,26)(H,24,25,28). The van der Waals surface area contributed by atoms with Crippen LogP contribution in [0.25, 0.3) is 21.7 Å². The first-order valence-corrected chi connectivity index (χ1v) is 9.53. The summed E-state index contributed by atoms with van der Waals surface area (Å²) in [5.74, 6) is 0.229. The summed E-state index contributed by atoms with van der Waals surface area (Å²) in [6, 6.07) is 5.27. The molecular weight excluding hydrogens is 392 g/mol. The molecule has 4 heterocycles. The predicted octanol–water partition coefficient (Wildman–Crippen LogP) is 1.68. The van der Waals surface area contributed by atoms with Crippen molar-refractivity contribution in [2.75, 3.05) is 0 Å². The number of nitrogens with one attached hydrogen (secondary N) is 3. The van der Waals surface area contributed by atoms with Crippen molar-refractivity contribution in [1.29, 1.82) is 0 Å². The molecule has 146 valence electrons. The summed E-state index contributed by atoms with van der Waals surface area (Å²) < 4.78 is 0.370. The smallest absolute Gasteiger partial charge is 0.269 e. The zero-order valence-electron chi connectivity index (χ0n) is 15.6. The van der Waals surface area contributed by atoms with Gasteiger partial charge in [0.15, 0.2) is 5.82 Å². The molecule has 10 heteroatoms. The fourth-order valence-corrected chi connectivity index (χ4v) is 3.81. The molecule has 4 rings (SSSR count). The van der Waals surface area contributed by atoms with Gasteiger partial charge in [-0.15, -0.1) is 11.3 Å². The van der Waals surface area contributed by atoms with E-state index in [0.29, 0.717) is 43.6 Å². The Bertz CT molecular complexity index is 1340. The first kappa shape index (κ1) is 18.7. The Hall–Kier alpha value is -3.66. The molecule has 3 N–H and O–H groups in total. The van der Waals surface area contributed by atoms with Crippen LogP contribution in [0.2, 0.25) is 0 Å². The quantitative estimate of drug-likeness (QED) is 0.470. The van der Waals surface area contributed by atoms with E-state index in [1.165, 1.54) is 17.5 Å². The number of rotatable bonds is 4. The molecule has 0 aliphatic heterocycles. The Morgan fingerprint density at radius 2 is 1.97 bits per heavy atom. The van der Waals surface area contributed by atoms with Gasteiger partial charge in [0, 0.05) is 22.8 Å². The normalized spacial score (nSPS) is 11.0. The van der Waals surface area contributed by atoms with Crippen molar-refractivity contribution in [1.82, 2.24) is 30.2 Å². The van der Waals surface area contributed by atoms with E-state index < -0.39 is 5.91 Å². The molecule has 4 aromatic rings. The molecule has 0 saturated heterocycles. The molecule has 0 spiro atoms. The van der Waals surface area contributed by atoms with Gasteiger partial charge in [0.05, 0.1) is 12.1 Å². The minimum Gasteiger partial charge on any atom is -0.345 e. The highest BCUT2D eigenvalue weighted by Gasteiger charge is 2.21. The maximum absolute atomic E-state index is 12.8. The molecule has 0 saturated carbocycles. The van der Waals surface area contributed by atoms with Crippen LogP contribution in [0.15, 0.2) is 40.2 Å². The van der Waals surface area contributed by atoms with Gasteiger partial charge >= 0.3 is 0 Å². The third-order valence-electron chi connectivity index (χ3n) is 4.30. The number of pyridine rings is 1. The van der Waals surface area contributed by atoms with Crippen LogP contribution >= 0.6 is 11.3 Å². The van der Waals surface area contributed by atoms with Crippen LogP contribution in [0, 0.1) is 13.8 Å². The lowest BCUT2D eigenvalue weighted by Gasteiger charge is -2.06. The minimum absolute atomic E-state index is 0.0431. The van der Waals surface area contributed by atoms with E-state index in [0.717, 1.165) is 0 Å². The Labute approximate surface area is 167 Å². The monoisotopic (exact) mass is 408 g/mol. The second-order valence-corrected chi connectivity index (χ2v) is 7.59. The van der Waals surface area contributed by atoms with Gasteiger partial charge in [-0.05, 0) is 26.0 Å². The van der Waals surface area contributed by atoms with Crippen LogP contribution in [-0.2, 0) is 6.54 Å². The number of amides is 1. The Balaban J connectivity index is 1.70. The highest BCUT2D eigenvalue weighted by Crippen LogP contribution is 2.28. The lowest BCUT2D eigenvalue weighted by molar-refractivity contribution is 0.0951.